The minimum absolute atomic E-state index is 0.264. The summed E-state index contributed by atoms with van der Waals surface area (Å²) in [6, 6.07) is 4.90. The molecule has 16 heavy (non-hydrogen) atoms. The lowest BCUT2D eigenvalue weighted by molar-refractivity contribution is 0.507. The van der Waals surface area contributed by atoms with Crippen molar-refractivity contribution in [1.82, 2.24) is 0 Å². The molecular formula is C11H9ClFIN2. The van der Waals surface area contributed by atoms with Gasteiger partial charge in [-0.15, -0.1) is 0 Å². The summed E-state index contributed by atoms with van der Waals surface area (Å²) in [5.41, 5.74) is 5.46. The fraction of sp³-hybridized carbons (Fsp3) is 0.182. The van der Waals surface area contributed by atoms with Gasteiger partial charge in [-0.25, -0.2) is 4.39 Å². The van der Waals surface area contributed by atoms with Gasteiger partial charge >= 0.3 is 0 Å². The summed E-state index contributed by atoms with van der Waals surface area (Å²) in [5, 5.41) is 0.405. The zero-order chi connectivity index (χ0) is 11.8. The third-order valence-electron chi connectivity index (χ3n) is 2.50. The van der Waals surface area contributed by atoms with Gasteiger partial charge in [0.1, 0.15) is 5.82 Å². The van der Waals surface area contributed by atoms with E-state index in [0.29, 0.717) is 10.6 Å². The van der Waals surface area contributed by atoms with Crippen LogP contribution in [0.3, 0.4) is 0 Å². The van der Waals surface area contributed by atoms with Crippen LogP contribution in [-0.2, 0) is 5.54 Å². The SMILES string of the molecule is NC1(c2ccc(I)cc2F)CN=CC=C1Cl. The standard InChI is InChI=1S/C11H9ClFIN2/c12-10-3-4-16-6-11(10,15)8-2-1-7(14)5-9(8)13/h1-5H,6,15H2. The fourth-order valence-electron chi connectivity index (χ4n) is 1.60. The van der Waals surface area contributed by atoms with E-state index in [-0.39, 0.29) is 12.4 Å². The van der Waals surface area contributed by atoms with Crippen LogP contribution >= 0.6 is 34.2 Å². The number of halogens is 3. The van der Waals surface area contributed by atoms with Crippen molar-refractivity contribution in [2.75, 3.05) is 6.54 Å². The highest BCUT2D eigenvalue weighted by Gasteiger charge is 2.34. The number of nitrogens with two attached hydrogens (primary N) is 1. The van der Waals surface area contributed by atoms with E-state index in [4.69, 9.17) is 17.3 Å². The Morgan fingerprint density at radius 3 is 2.88 bits per heavy atom. The van der Waals surface area contributed by atoms with Crippen LogP contribution in [0.2, 0.25) is 0 Å². The molecule has 1 aromatic rings. The van der Waals surface area contributed by atoms with Crippen LogP contribution in [0, 0.1) is 9.39 Å². The van der Waals surface area contributed by atoms with Gasteiger partial charge < -0.3 is 5.73 Å². The van der Waals surface area contributed by atoms with E-state index in [1.165, 1.54) is 6.07 Å². The molecule has 0 radical (unpaired) electrons. The Morgan fingerprint density at radius 2 is 2.25 bits per heavy atom. The van der Waals surface area contributed by atoms with Gasteiger partial charge in [0.15, 0.2) is 0 Å². The van der Waals surface area contributed by atoms with Crippen LogP contribution < -0.4 is 5.73 Å². The van der Waals surface area contributed by atoms with Crippen molar-refractivity contribution < 1.29 is 4.39 Å². The van der Waals surface area contributed by atoms with Gasteiger partial charge in [0, 0.05) is 20.4 Å². The smallest absolute Gasteiger partial charge is 0.129 e. The normalized spacial score (nSPS) is 24.4. The highest BCUT2D eigenvalue weighted by atomic mass is 127. The second-order valence-corrected chi connectivity index (χ2v) is 5.25. The molecule has 2 rings (SSSR count). The number of benzene rings is 1. The summed E-state index contributed by atoms with van der Waals surface area (Å²) in [7, 11) is 0. The van der Waals surface area contributed by atoms with Crippen LogP contribution in [0.1, 0.15) is 5.56 Å². The van der Waals surface area contributed by atoms with Crippen molar-refractivity contribution in [1.29, 1.82) is 0 Å². The summed E-state index contributed by atoms with van der Waals surface area (Å²) in [4.78, 5) is 4.04. The van der Waals surface area contributed by atoms with Crippen molar-refractivity contribution in [3.63, 3.8) is 0 Å². The molecule has 1 atom stereocenters. The number of hydrogen-bond acceptors (Lipinski definition) is 2. The van der Waals surface area contributed by atoms with E-state index < -0.39 is 5.54 Å². The van der Waals surface area contributed by atoms with Crippen LogP contribution in [0.5, 0.6) is 0 Å². The minimum Gasteiger partial charge on any atom is -0.315 e. The summed E-state index contributed by atoms with van der Waals surface area (Å²) in [5.74, 6) is -0.349. The van der Waals surface area contributed by atoms with Gasteiger partial charge in [0.25, 0.3) is 0 Å². The van der Waals surface area contributed by atoms with Crippen molar-refractivity contribution in [2.24, 2.45) is 10.7 Å². The average Bonchev–Trinajstić information content (AvgIpc) is 2.22. The number of aliphatic imine (C=N–C) groups is 1. The molecule has 1 aliphatic rings. The second kappa shape index (κ2) is 4.43. The second-order valence-electron chi connectivity index (χ2n) is 3.60. The summed E-state index contributed by atoms with van der Waals surface area (Å²) in [6.07, 6.45) is 3.18. The van der Waals surface area contributed by atoms with Gasteiger partial charge in [-0.05, 0) is 40.8 Å². The lowest BCUT2D eigenvalue weighted by atomic mass is 9.88. The number of nitrogens with zero attached hydrogens (tertiary/aromatic N) is 1. The first kappa shape index (κ1) is 12.0. The zero-order valence-corrected chi connectivity index (χ0v) is 11.2. The molecule has 0 aliphatic carbocycles. The van der Waals surface area contributed by atoms with Crippen LogP contribution in [0.4, 0.5) is 4.39 Å². The van der Waals surface area contributed by atoms with Gasteiger partial charge in [-0.3, -0.25) is 4.99 Å². The molecule has 1 aromatic carbocycles. The fourth-order valence-corrected chi connectivity index (χ4v) is 2.28. The quantitative estimate of drug-likeness (QED) is 0.777. The monoisotopic (exact) mass is 350 g/mol. The topological polar surface area (TPSA) is 38.4 Å². The molecule has 0 bridgehead atoms. The molecule has 0 saturated heterocycles. The third-order valence-corrected chi connectivity index (χ3v) is 3.64. The Labute approximate surface area is 112 Å². The Bertz CT molecular complexity index is 487. The minimum atomic E-state index is -1.04. The molecule has 0 amide bonds. The molecular weight excluding hydrogens is 341 g/mol. The highest BCUT2D eigenvalue weighted by molar-refractivity contribution is 14.1. The van der Waals surface area contributed by atoms with Gasteiger partial charge in [-0.1, -0.05) is 17.7 Å². The van der Waals surface area contributed by atoms with Gasteiger partial charge in [0.05, 0.1) is 12.1 Å². The third kappa shape index (κ3) is 2.01. The predicted molar refractivity (Wildman–Crippen MR) is 72.3 cm³/mol. The Balaban J connectivity index is 2.51. The molecule has 5 heteroatoms. The van der Waals surface area contributed by atoms with Crippen molar-refractivity contribution in [3.8, 4) is 0 Å². The van der Waals surface area contributed by atoms with Crippen molar-refractivity contribution in [3.05, 3.63) is 44.3 Å². The largest absolute Gasteiger partial charge is 0.315 e. The van der Waals surface area contributed by atoms with E-state index in [0.717, 1.165) is 3.57 Å². The molecule has 0 fully saturated rings. The van der Waals surface area contributed by atoms with Crippen LogP contribution in [0.15, 0.2) is 34.3 Å². The lowest BCUT2D eigenvalue weighted by Crippen LogP contribution is -2.42. The van der Waals surface area contributed by atoms with E-state index in [1.54, 1.807) is 24.4 Å². The van der Waals surface area contributed by atoms with E-state index in [9.17, 15) is 4.39 Å². The molecule has 1 heterocycles. The maximum absolute atomic E-state index is 13.8. The van der Waals surface area contributed by atoms with E-state index in [2.05, 4.69) is 4.99 Å². The van der Waals surface area contributed by atoms with Crippen LogP contribution in [0.25, 0.3) is 0 Å². The number of rotatable bonds is 1. The maximum Gasteiger partial charge on any atom is 0.129 e. The molecule has 0 saturated carbocycles. The van der Waals surface area contributed by atoms with Gasteiger partial charge in [-0.2, -0.15) is 0 Å². The maximum atomic E-state index is 13.8. The zero-order valence-electron chi connectivity index (χ0n) is 8.25. The average molecular weight is 351 g/mol. The summed E-state index contributed by atoms with van der Waals surface area (Å²) < 4.78 is 14.7. The number of allylic oxidation sites excluding steroid dienone is 1. The predicted octanol–water partition coefficient (Wildman–Crippen LogP) is 2.79. The number of dihydropyridines is 1. The first-order valence-electron chi connectivity index (χ1n) is 4.64. The molecule has 1 aliphatic heterocycles. The lowest BCUT2D eigenvalue weighted by Gasteiger charge is -2.30. The summed E-state index contributed by atoms with van der Waals surface area (Å²) in [6.45, 7) is 0.264. The van der Waals surface area contributed by atoms with Gasteiger partial charge in [0.2, 0.25) is 0 Å². The molecule has 2 nitrogen and oxygen atoms in total. The summed E-state index contributed by atoms with van der Waals surface area (Å²) >= 11 is 8.09. The Hall–Kier alpha value is -0.460. The first-order valence-corrected chi connectivity index (χ1v) is 6.10. The number of hydrogen-bond donors (Lipinski definition) is 1. The highest BCUT2D eigenvalue weighted by Crippen LogP contribution is 2.33. The molecule has 0 spiro atoms. The molecule has 2 N–H and O–H groups in total. The van der Waals surface area contributed by atoms with Crippen molar-refractivity contribution in [2.45, 2.75) is 5.54 Å². The Morgan fingerprint density at radius 1 is 1.50 bits per heavy atom. The van der Waals surface area contributed by atoms with E-state index >= 15 is 0 Å². The molecule has 1 unspecified atom stereocenters. The molecule has 84 valence electrons. The first-order chi connectivity index (χ1) is 7.54. The van der Waals surface area contributed by atoms with E-state index in [1.807, 2.05) is 22.6 Å². The van der Waals surface area contributed by atoms with Crippen molar-refractivity contribution >= 4 is 40.4 Å². The Kier molecular flexibility index (Phi) is 3.32. The molecule has 0 aromatic heterocycles. The van der Waals surface area contributed by atoms with Crippen LogP contribution in [-0.4, -0.2) is 12.8 Å².